The molecule has 110 valence electrons. The van der Waals surface area contributed by atoms with Crippen molar-refractivity contribution in [3.05, 3.63) is 0 Å². The van der Waals surface area contributed by atoms with Gasteiger partial charge in [-0.25, -0.2) is 0 Å². The summed E-state index contributed by atoms with van der Waals surface area (Å²) in [4.78, 5) is 17.0. The van der Waals surface area contributed by atoms with Gasteiger partial charge in [-0.05, 0) is 26.7 Å². The highest BCUT2D eigenvalue weighted by atomic mass is 16.2. The maximum Gasteiger partial charge on any atom is 0.236 e. The van der Waals surface area contributed by atoms with E-state index in [1.165, 1.54) is 32.1 Å². The molecule has 2 fully saturated rings. The number of hydrogen-bond acceptors (Lipinski definition) is 3. The molecule has 0 aromatic carbocycles. The van der Waals surface area contributed by atoms with Crippen molar-refractivity contribution in [3.8, 4) is 0 Å². The Labute approximate surface area is 117 Å². The summed E-state index contributed by atoms with van der Waals surface area (Å²) >= 11 is 0. The Bertz CT molecular complexity index is 289. The van der Waals surface area contributed by atoms with Gasteiger partial charge < -0.3 is 10.2 Å². The monoisotopic (exact) mass is 267 g/mol. The number of nitrogens with one attached hydrogen (secondary N) is 1. The van der Waals surface area contributed by atoms with Crippen LogP contribution in [0.15, 0.2) is 0 Å². The number of carbonyl (C=O) groups is 1. The Morgan fingerprint density at radius 1 is 1.32 bits per heavy atom. The second-order valence-electron chi connectivity index (χ2n) is 6.00. The third kappa shape index (κ3) is 3.93. The zero-order valence-electron chi connectivity index (χ0n) is 12.5. The van der Waals surface area contributed by atoms with Crippen molar-refractivity contribution in [2.75, 3.05) is 32.7 Å². The van der Waals surface area contributed by atoms with Crippen molar-refractivity contribution in [3.63, 3.8) is 0 Å². The summed E-state index contributed by atoms with van der Waals surface area (Å²) in [6.07, 6.45) is 6.33. The molecule has 1 amide bonds. The van der Waals surface area contributed by atoms with Gasteiger partial charge in [-0.1, -0.05) is 19.3 Å². The Morgan fingerprint density at radius 3 is 2.68 bits per heavy atom. The third-order valence-corrected chi connectivity index (χ3v) is 4.65. The Kier molecular flexibility index (Phi) is 5.64. The molecular weight excluding hydrogens is 238 g/mol. The molecule has 0 aromatic rings. The van der Waals surface area contributed by atoms with Gasteiger partial charge in [0.15, 0.2) is 0 Å². The summed E-state index contributed by atoms with van der Waals surface area (Å²) in [6.45, 7) is 8.80. The van der Waals surface area contributed by atoms with Crippen LogP contribution < -0.4 is 5.32 Å². The molecule has 0 radical (unpaired) electrons. The normalized spacial score (nSPS) is 26.3. The Balaban J connectivity index is 1.88. The van der Waals surface area contributed by atoms with Crippen LogP contribution in [-0.2, 0) is 4.79 Å². The number of likely N-dealkylation sites (N-methyl/N-ethyl adjacent to an activating group) is 1. The first kappa shape index (κ1) is 14.8. The minimum absolute atomic E-state index is 0.336. The summed E-state index contributed by atoms with van der Waals surface area (Å²) in [5, 5.41) is 3.38. The second kappa shape index (κ2) is 7.25. The van der Waals surface area contributed by atoms with Crippen LogP contribution in [0, 0.1) is 0 Å². The first-order valence-corrected chi connectivity index (χ1v) is 7.96. The second-order valence-corrected chi connectivity index (χ2v) is 6.00. The molecule has 1 heterocycles. The van der Waals surface area contributed by atoms with E-state index in [1.807, 2.05) is 0 Å². The lowest BCUT2D eigenvalue weighted by Crippen LogP contribution is -2.54. The van der Waals surface area contributed by atoms with Crippen LogP contribution in [0.25, 0.3) is 0 Å². The van der Waals surface area contributed by atoms with E-state index < -0.39 is 0 Å². The minimum Gasteiger partial charge on any atom is -0.339 e. The lowest BCUT2D eigenvalue weighted by atomic mass is 9.94. The Morgan fingerprint density at radius 2 is 2.05 bits per heavy atom. The lowest BCUT2D eigenvalue weighted by molar-refractivity contribution is -0.135. The van der Waals surface area contributed by atoms with Gasteiger partial charge >= 0.3 is 0 Å². The molecule has 1 aliphatic carbocycles. The molecule has 1 saturated carbocycles. The van der Waals surface area contributed by atoms with E-state index in [0.717, 1.165) is 26.2 Å². The van der Waals surface area contributed by atoms with Crippen molar-refractivity contribution in [2.45, 2.75) is 58.0 Å². The number of hydrogen-bond donors (Lipinski definition) is 1. The first-order chi connectivity index (χ1) is 9.22. The van der Waals surface area contributed by atoms with Gasteiger partial charge in [-0.2, -0.15) is 0 Å². The standard InChI is InChI=1S/C15H29N3O/c1-3-18(14-7-5-4-6-8-14)15(19)12-17-10-9-16-11-13(17)2/h13-14,16H,3-12H2,1-2H3/t13-/m0/s1. The number of nitrogens with zero attached hydrogens (tertiary/aromatic N) is 2. The van der Waals surface area contributed by atoms with E-state index in [1.54, 1.807) is 0 Å². The van der Waals surface area contributed by atoms with Crippen LogP contribution in [0.4, 0.5) is 0 Å². The number of carbonyl (C=O) groups excluding carboxylic acids is 1. The van der Waals surface area contributed by atoms with E-state index in [0.29, 0.717) is 24.5 Å². The smallest absolute Gasteiger partial charge is 0.236 e. The summed E-state index contributed by atoms with van der Waals surface area (Å²) < 4.78 is 0. The summed E-state index contributed by atoms with van der Waals surface area (Å²) in [6, 6.07) is 0.979. The summed E-state index contributed by atoms with van der Waals surface area (Å²) in [5.74, 6) is 0.336. The zero-order valence-corrected chi connectivity index (χ0v) is 12.5. The van der Waals surface area contributed by atoms with Crippen LogP contribution in [0.2, 0.25) is 0 Å². The number of amides is 1. The van der Waals surface area contributed by atoms with Gasteiger partial charge in [-0.3, -0.25) is 9.69 Å². The van der Waals surface area contributed by atoms with Gasteiger partial charge in [0.1, 0.15) is 0 Å². The molecule has 19 heavy (non-hydrogen) atoms. The molecule has 2 aliphatic rings. The topological polar surface area (TPSA) is 35.6 Å². The van der Waals surface area contributed by atoms with Crippen LogP contribution in [-0.4, -0.2) is 60.5 Å². The fourth-order valence-corrected chi connectivity index (χ4v) is 3.41. The van der Waals surface area contributed by atoms with Gasteiger partial charge in [0.25, 0.3) is 0 Å². The Hall–Kier alpha value is -0.610. The highest BCUT2D eigenvalue weighted by Crippen LogP contribution is 2.22. The molecular formula is C15H29N3O. The van der Waals surface area contributed by atoms with Gasteiger partial charge in [0.2, 0.25) is 5.91 Å². The van der Waals surface area contributed by atoms with Crippen LogP contribution in [0.1, 0.15) is 46.0 Å². The largest absolute Gasteiger partial charge is 0.339 e. The highest BCUT2D eigenvalue weighted by Gasteiger charge is 2.27. The molecule has 0 unspecified atom stereocenters. The van der Waals surface area contributed by atoms with Crippen molar-refractivity contribution >= 4 is 5.91 Å². The molecule has 0 aromatic heterocycles. The van der Waals surface area contributed by atoms with Gasteiger partial charge in [0, 0.05) is 38.3 Å². The minimum atomic E-state index is 0.336. The molecule has 1 aliphatic heterocycles. The maximum absolute atomic E-state index is 12.6. The molecule has 2 rings (SSSR count). The maximum atomic E-state index is 12.6. The van der Waals surface area contributed by atoms with E-state index >= 15 is 0 Å². The molecule has 1 saturated heterocycles. The van der Waals surface area contributed by atoms with Crippen LogP contribution in [0.3, 0.4) is 0 Å². The fraction of sp³-hybridized carbons (Fsp3) is 0.933. The van der Waals surface area contributed by atoms with Gasteiger partial charge in [0.05, 0.1) is 6.54 Å². The number of piperazine rings is 1. The predicted octanol–water partition coefficient (Wildman–Crippen LogP) is 1.46. The van der Waals surface area contributed by atoms with E-state index in [4.69, 9.17) is 0 Å². The van der Waals surface area contributed by atoms with Crippen LogP contribution >= 0.6 is 0 Å². The quantitative estimate of drug-likeness (QED) is 0.837. The van der Waals surface area contributed by atoms with Crippen molar-refractivity contribution in [2.24, 2.45) is 0 Å². The first-order valence-electron chi connectivity index (χ1n) is 7.96. The van der Waals surface area contributed by atoms with Gasteiger partial charge in [-0.15, -0.1) is 0 Å². The molecule has 1 N–H and O–H groups in total. The number of rotatable bonds is 4. The van der Waals surface area contributed by atoms with Crippen molar-refractivity contribution in [1.82, 2.24) is 15.1 Å². The SMILES string of the molecule is CCN(C(=O)CN1CCNC[C@@H]1C)C1CCCCC1. The van der Waals surface area contributed by atoms with E-state index in [2.05, 4.69) is 29.0 Å². The lowest BCUT2D eigenvalue weighted by Gasteiger charge is -2.38. The average molecular weight is 267 g/mol. The molecule has 4 nitrogen and oxygen atoms in total. The predicted molar refractivity (Wildman–Crippen MR) is 78.2 cm³/mol. The molecule has 4 heteroatoms. The molecule has 0 bridgehead atoms. The summed E-state index contributed by atoms with van der Waals surface area (Å²) in [5.41, 5.74) is 0. The van der Waals surface area contributed by atoms with Crippen molar-refractivity contribution in [1.29, 1.82) is 0 Å². The van der Waals surface area contributed by atoms with E-state index in [-0.39, 0.29) is 0 Å². The molecule has 0 spiro atoms. The highest BCUT2D eigenvalue weighted by molar-refractivity contribution is 5.78. The van der Waals surface area contributed by atoms with Crippen molar-refractivity contribution < 1.29 is 4.79 Å². The third-order valence-electron chi connectivity index (χ3n) is 4.65. The zero-order chi connectivity index (χ0) is 13.7. The van der Waals surface area contributed by atoms with Crippen LogP contribution in [0.5, 0.6) is 0 Å². The van der Waals surface area contributed by atoms with E-state index in [9.17, 15) is 4.79 Å². The average Bonchev–Trinajstić information content (AvgIpc) is 2.43. The molecule has 1 atom stereocenters. The summed E-state index contributed by atoms with van der Waals surface area (Å²) in [7, 11) is 0. The fourth-order valence-electron chi connectivity index (χ4n) is 3.41.